The molecule has 1 aromatic rings. The van der Waals surface area contributed by atoms with E-state index in [1.165, 1.54) is 6.07 Å². The smallest absolute Gasteiger partial charge is 0.249 e. The second kappa shape index (κ2) is 7.63. The maximum absolute atomic E-state index is 14.2. The minimum Gasteiger partial charge on any atom is -0.497 e. The number of allylic oxidation sites excluding steroid dienone is 1. The van der Waals surface area contributed by atoms with E-state index >= 15 is 0 Å². The highest BCUT2D eigenvalue weighted by Gasteiger charge is 2.43. The molecule has 1 spiro atoms. The van der Waals surface area contributed by atoms with Gasteiger partial charge < -0.3 is 9.64 Å². The number of hydrogen-bond acceptors (Lipinski definition) is 3. The highest BCUT2D eigenvalue weighted by atomic mass is 19.1. The van der Waals surface area contributed by atoms with Crippen LogP contribution in [0.1, 0.15) is 44.1 Å². The van der Waals surface area contributed by atoms with Gasteiger partial charge in [-0.05, 0) is 63.3 Å². The maximum atomic E-state index is 14.2. The highest BCUT2D eigenvalue weighted by molar-refractivity contribution is 5.94. The van der Waals surface area contributed by atoms with Crippen molar-refractivity contribution < 1.29 is 13.9 Å². The van der Waals surface area contributed by atoms with Gasteiger partial charge in [0.15, 0.2) is 0 Å². The van der Waals surface area contributed by atoms with Gasteiger partial charge >= 0.3 is 0 Å². The fourth-order valence-electron chi connectivity index (χ4n) is 5.00. The monoisotopic (exact) mass is 372 g/mol. The molecule has 3 aliphatic rings. The number of halogens is 1. The molecular formula is C22H29FN2O2. The van der Waals surface area contributed by atoms with Crippen LogP contribution in [0.5, 0.6) is 5.75 Å². The SMILES string of the molecule is COc1ccc(F)c(CN2CCCC3(CCN(C(=O)C4=CCCC4)C3)C2)c1. The first kappa shape index (κ1) is 18.5. The molecule has 2 saturated heterocycles. The fraction of sp³-hybridized carbons (Fsp3) is 0.591. The minimum atomic E-state index is -0.174. The number of methoxy groups -OCH3 is 1. The number of carbonyl (C=O) groups is 1. The molecule has 1 aliphatic carbocycles. The Bertz CT molecular complexity index is 748. The molecule has 0 N–H and O–H groups in total. The summed E-state index contributed by atoms with van der Waals surface area (Å²) in [6.07, 6.45) is 8.53. The first-order valence-corrected chi connectivity index (χ1v) is 10.1. The molecule has 0 bridgehead atoms. The maximum Gasteiger partial charge on any atom is 0.249 e. The van der Waals surface area contributed by atoms with Crippen LogP contribution in [0.15, 0.2) is 29.8 Å². The largest absolute Gasteiger partial charge is 0.497 e. The molecule has 1 amide bonds. The predicted molar refractivity (Wildman–Crippen MR) is 103 cm³/mol. The van der Waals surface area contributed by atoms with Crippen molar-refractivity contribution in [1.82, 2.24) is 9.80 Å². The van der Waals surface area contributed by atoms with E-state index in [0.29, 0.717) is 17.9 Å². The summed E-state index contributed by atoms with van der Waals surface area (Å²) in [5, 5.41) is 0. The third kappa shape index (κ3) is 3.88. The Hall–Kier alpha value is -1.88. The summed E-state index contributed by atoms with van der Waals surface area (Å²) in [4.78, 5) is 17.2. The van der Waals surface area contributed by atoms with Crippen molar-refractivity contribution in [2.75, 3.05) is 33.3 Å². The summed E-state index contributed by atoms with van der Waals surface area (Å²) in [7, 11) is 1.61. The molecule has 4 rings (SSSR count). The van der Waals surface area contributed by atoms with Gasteiger partial charge in [-0.15, -0.1) is 0 Å². The van der Waals surface area contributed by atoms with Gasteiger partial charge in [-0.25, -0.2) is 4.39 Å². The lowest BCUT2D eigenvalue weighted by Gasteiger charge is -2.40. The molecule has 1 atom stereocenters. The molecule has 5 heteroatoms. The van der Waals surface area contributed by atoms with Crippen molar-refractivity contribution in [1.29, 1.82) is 0 Å². The van der Waals surface area contributed by atoms with Gasteiger partial charge in [-0.3, -0.25) is 9.69 Å². The minimum absolute atomic E-state index is 0.169. The topological polar surface area (TPSA) is 32.8 Å². The number of carbonyl (C=O) groups excluding carboxylic acids is 1. The van der Waals surface area contributed by atoms with E-state index in [1.807, 2.05) is 0 Å². The van der Waals surface area contributed by atoms with Crippen molar-refractivity contribution in [2.24, 2.45) is 5.41 Å². The molecule has 2 fully saturated rings. The molecule has 2 heterocycles. The summed E-state index contributed by atoms with van der Waals surface area (Å²) in [6, 6.07) is 4.95. The lowest BCUT2D eigenvalue weighted by Crippen LogP contribution is -2.45. The summed E-state index contributed by atoms with van der Waals surface area (Å²) >= 11 is 0. The second-order valence-corrected chi connectivity index (χ2v) is 8.37. The summed E-state index contributed by atoms with van der Waals surface area (Å²) in [6.45, 7) is 4.23. The predicted octanol–water partition coefficient (Wildman–Crippen LogP) is 3.76. The van der Waals surface area contributed by atoms with Gasteiger partial charge in [0.2, 0.25) is 5.91 Å². The Kier molecular flexibility index (Phi) is 5.22. The van der Waals surface area contributed by atoms with E-state index in [1.54, 1.807) is 19.2 Å². The average Bonchev–Trinajstić information content (AvgIpc) is 3.34. The van der Waals surface area contributed by atoms with Gasteiger partial charge in [0.05, 0.1) is 7.11 Å². The average molecular weight is 372 g/mol. The molecule has 2 aliphatic heterocycles. The molecular weight excluding hydrogens is 343 g/mol. The Morgan fingerprint density at radius 1 is 1.22 bits per heavy atom. The number of piperidine rings is 1. The van der Waals surface area contributed by atoms with Crippen LogP contribution in [0.4, 0.5) is 4.39 Å². The third-order valence-electron chi connectivity index (χ3n) is 6.43. The van der Waals surface area contributed by atoms with Crippen LogP contribution in [-0.2, 0) is 11.3 Å². The Morgan fingerprint density at radius 3 is 2.89 bits per heavy atom. The van der Waals surface area contributed by atoms with Crippen LogP contribution in [0.3, 0.4) is 0 Å². The van der Waals surface area contributed by atoms with Gasteiger partial charge in [-0.2, -0.15) is 0 Å². The van der Waals surface area contributed by atoms with Crippen molar-refractivity contribution >= 4 is 5.91 Å². The molecule has 146 valence electrons. The molecule has 0 saturated carbocycles. The van der Waals surface area contributed by atoms with Crippen LogP contribution >= 0.6 is 0 Å². The normalized spacial score (nSPS) is 25.9. The number of hydrogen-bond donors (Lipinski definition) is 0. The number of likely N-dealkylation sites (tertiary alicyclic amines) is 2. The third-order valence-corrected chi connectivity index (χ3v) is 6.43. The van der Waals surface area contributed by atoms with Crippen molar-refractivity contribution in [3.8, 4) is 5.75 Å². The van der Waals surface area contributed by atoms with E-state index in [4.69, 9.17) is 4.74 Å². The van der Waals surface area contributed by atoms with Crippen LogP contribution in [0, 0.1) is 11.2 Å². The first-order chi connectivity index (χ1) is 13.1. The number of amides is 1. The van der Waals surface area contributed by atoms with Crippen LogP contribution in [0.2, 0.25) is 0 Å². The molecule has 0 aromatic heterocycles. The van der Waals surface area contributed by atoms with E-state index in [2.05, 4.69) is 15.9 Å². The number of nitrogens with zero attached hydrogens (tertiary/aromatic N) is 2. The lowest BCUT2D eigenvalue weighted by atomic mass is 9.79. The fourth-order valence-corrected chi connectivity index (χ4v) is 5.00. The van der Waals surface area contributed by atoms with E-state index in [-0.39, 0.29) is 17.1 Å². The Balaban J connectivity index is 1.42. The Labute approximate surface area is 161 Å². The summed E-state index contributed by atoms with van der Waals surface area (Å²) < 4.78 is 19.5. The van der Waals surface area contributed by atoms with E-state index < -0.39 is 0 Å². The zero-order chi connectivity index (χ0) is 18.9. The van der Waals surface area contributed by atoms with E-state index in [0.717, 1.165) is 70.3 Å². The molecule has 0 radical (unpaired) electrons. The van der Waals surface area contributed by atoms with Gasteiger partial charge in [0.1, 0.15) is 11.6 Å². The van der Waals surface area contributed by atoms with Crippen LogP contribution < -0.4 is 4.74 Å². The quantitative estimate of drug-likeness (QED) is 0.807. The van der Waals surface area contributed by atoms with Gasteiger partial charge in [0, 0.05) is 42.7 Å². The lowest BCUT2D eigenvalue weighted by molar-refractivity contribution is -0.126. The molecule has 1 unspecified atom stereocenters. The summed E-state index contributed by atoms with van der Waals surface area (Å²) in [5.74, 6) is 0.771. The van der Waals surface area contributed by atoms with Crippen molar-refractivity contribution in [2.45, 2.75) is 45.1 Å². The van der Waals surface area contributed by atoms with Crippen molar-refractivity contribution in [3.05, 3.63) is 41.2 Å². The summed E-state index contributed by atoms with van der Waals surface area (Å²) in [5.41, 5.74) is 1.87. The van der Waals surface area contributed by atoms with Gasteiger partial charge in [0.25, 0.3) is 0 Å². The molecule has 1 aromatic carbocycles. The first-order valence-electron chi connectivity index (χ1n) is 10.1. The zero-order valence-corrected chi connectivity index (χ0v) is 16.2. The van der Waals surface area contributed by atoms with Gasteiger partial charge in [-0.1, -0.05) is 6.08 Å². The zero-order valence-electron chi connectivity index (χ0n) is 16.2. The second-order valence-electron chi connectivity index (χ2n) is 8.37. The molecule has 27 heavy (non-hydrogen) atoms. The number of rotatable bonds is 4. The highest BCUT2D eigenvalue weighted by Crippen LogP contribution is 2.40. The number of ether oxygens (including phenoxy) is 1. The van der Waals surface area contributed by atoms with E-state index in [9.17, 15) is 9.18 Å². The van der Waals surface area contributed by atoms with Crippen LogP contribution in [-0.4, -0.2) is 49.0 Å². The molecule has 4 nitrogen and oxygen atoms in total. The Morgan fingerprint density at radius 2 is 2.11 bits per heavy atom. The number of benzene rings is 1. The van der Waals surface area contributed by atoms with Crippen molar-refractivity contribution in [3.63, 3.8) is 0 Å². The standard InChI is InChI=1S/C22H29FN2O2/c1-27-19-7-8-20(23)18(13-19)14-24-11-4-9-22(15-24)10-12-25(16-22)21(26)17-5-2-3-6-17/h5,7-8,13H,2-4,6,9-12,14-16H2,1H3. The van der Waals surface area contributed by atoms with Crippen LogP contribution in [0.25, 0.3) is 0 Å².